The molecule has 4 rings (SSSR count). The summed E-state index contributed by atoms with van der Waals surface area (Å²) in [6.45, 7) is 0.552. The number of rotatable bonds is 6. The van der Waals surface area contributed by atoms with Crippen molar-refractivity contribution in [2.45, 2.75) is 17.0 Å². The molecule has 1 amide bonds. The van der Waals surface area contributed by atoms with Crippen LogP contribution in [0.4, 0.5) is 8.78 Å². The van der Waals surface area contributed by atoms with Crippen molar-refractivity contribution in [3.63, 3.8) is 0 Å². The normalized spacial score (nSPS) is 16.2. The van der Waals surface area contributed by atoms with Crippen molar-refractivity contribution in [2.24, 2.45) is 0 Å². The molecule has 30 heavy (non-hydrogen) atoms. The van der Waals surface area contributed by atoms with E-state index in [9.17, 15) is 13.6 Å². The van der Waals surface area contributed by atoms with Gasteiger partial charge in [-0.3, -0.25) is 4.79 Å². The van der Waals surface area contributed by atoms with Gasteiger partial charge in [0.1, 0.15) is 17.0 Å². The summed E-state index contributed by atoms with van der Waals surface area (Å²) < 4.78 is 29.3. The summed E-state index contributed by atoms with van der Waals surface area (Å²) in [4.78, 5) is 14.5. The average molecular weight is 448 g/mol. The number of halogens is 2. The first-order valence-electron chi connectivity index (χ1n) is 9.25. The van der Waals surface area contributed by atoms with Crippen LogP contribution in [0.5, 0.6) is 0 Å². The maximum Gasteiger partial charge on any atom is 0.234 e. The molecule has 2 heterocycles. The van der Waals surface area contributed by atoms with Gasteiger partial charge in [-0.2, -0.15) is 0 Å². The van der Waals surface area contributed by atoms with Gasteiger partial charge in [0.25, 0.3) is 0 Å². The van der Waals surface area contributed by atoms with Gasteiger partial charge in [-0.15, -0.1) is 22.0 Å². The third-order valence-corrected chi connectivity index (χ3v) is 6.92. The van der Waals surface area contributed by atoms with Gasteiger partial charge in [0.15, 0.2) is 5.82 Å². The van der Waals surface area contributed by atoms with E-state index >= 15 is 0 Å². The van der Waals surface area contributed by atoms with Crippen molar-refractivity contribution in [1.29, 1.82) is 0 Å². The number of nitrogens with zero attached hydrogens (tertiary/aromatic N) is 4. The van der Waals surface area contributed by atoms with Gasteiger partial charge >= 0.3 is 0 Å². The first-order chi connectivity index (χ1) is 14.5. The van der Waals surface area contributed by atoms with Crippen molar-refractivity contribution in [3.05, 3.63) is 77.1 Å². The molecule has 1 aliphatic heterocycles. The zero-order valence-corrected chi connectivity index (χ0v) is 17.5. The number of carbonyl (C=O) groups excluding carboxylic acids is 1. The number of amides is 1. The third-order valence-electron chi connectivity index (χ3n) is 4.75. The Bertz CT molecular complexity index is 1060. The Balaban J connectivity index is 1.41. The highest BCUT2D eigenvalue weighted by atomic mass is 32.2. The van der Waals surface area contributed by atoms with Crippen molar-refractivity contribution in [3.8, 4) is 0 Å². The number of aromatic nitrogens is 3. The van der Waals surface area contributed by atoms with Gasteiger partial charge in [-0.25, -0.2) is 13.5 Å². The number of nitrogens with two attached hydrogens (primary N) is 1. The lowest BCUT2D eigenvalue weighted by Gasteiger charge is -2.24. The quantitative estimate of drug-likeness (QED) is 0.462. The van der Waals surface area contributed by atoms with Crippen LogP contribution in [-0.4, -0.2) is 43.7 Å². The fraction of sp³-hybridized carbons (Fsp3) is 0.250. The number of hydrogen-bond donors (Lipinski definition) is 1. The highest BCUT2D eigenvalue weighted by Crippen LogP contribution is 2.39. The summed E-state index contributed by atoms with van der Waals surface area (Å²) in [5, 5.41) is 8.07. The molecule has 0 saturated carbocycles. The van der Waals surface area contributed by atoms with Crippen molar-refractivity contribution >= 4 is 29.4 Å². The second kappa shape index (κ2) is 9.05. The lowest BCUT2D eigenvalue weighted by atomic mass is 10.1. The first kappa shape index (κ1) is 20.7. The summed E-state index contributed by atoms with van der Waals surface area (Å²) in [5.74, 6) is 6.51. The minimum atomic E-state index is -0.341. The zero-order valence-electron chi connectivity index (χ0n) is 15.9. The Hall–Kier alpha value is -2.59. The molecule has 3 aromatic rings. The van der Waals surface area contributed by atoms with E-state index in [4.69, 9.17) is 5.84 Å². The number of carbonyl (C=O) groups is 1. The number of hydrogen-bond acceptors (Lipinski definition) is 6. The number of thioether (sulfide) groups is 2. The minimum absolute atomic E-state index is 0.0978. The summed E-state index contributed by atoms with van der Waals surface area (Å²) in [5.41, 5.74) is 0.971. The van der Waals surface area contributed by atoms with Crippen LogP contribution >= 0.6 is 23.5 Å². The molecule has 0 radical (unpaired) electrons. The number of benzene rings is 2. The standard InChI is InChI=1S/C20H19F2N5OS2/c21-15-7-3-1-5-13(15)11-17-24-25-20(27(17)23)30-12-18(28)26-9-10-29-19(26)14-6-2-4-8-16(14)22/h1-8,19H,9-12,23H2/t19-/m1/s1. The van der Waals surface area contributed by atoms with Crippen LogP contribution in [0, 0.1) is 11.6 Å². The van der Waals surface area contributed by atoms with Crippen LogP contribution in [0.3, 0.4) is 0 Å². The maximum atomic E-state index is 14.2. The van der Waals surface area contributed by atoms with Crippen molar-refractivity contribution in [1.82, 2.24) is 19.8 Å². The maximum absolute atomic E-state index is 14.2. The second-order valence-corrected chi connectivity index (χ2v) is 8.79. The third kappa shape index (κ3) is 4.29. The van der Waals surface area contributed by atoms with Gasteiger partial charge < -0.3 is 10.7 Å². The van der Waals surface area contributed by atoms with Crippen LogP contribution in [0.2, 0.25) is 0 Å². The molecule has 0 bridgehead atoms. The fourth-order valence-corrected chi connectivity index (χ4v) is 5.27. The topological polar surface area (TPSA) is 77.0 Å². The summed E-state index contributed by atoms with van der Waals surface area (Å²) in [6, 6.07) is 12.9. The molecule has 0 spiro atoms. The van der Waals surface area contributed by atoms with Crippen LogP contribution in [0.15, 0.2) is 53.7 Å². The summed E-state index contributed by atoms with van der Waals surface area (Å²) in [6.07, 6.45) is 0.197. The van der Waals surface area contributed by atoms with Crippen molar-refractivity contribution in [2.75, 3.05) is 23.9 Å². The molecule has 2 N–H and O–H groups in total. The van der Waals surface area contributed by atoms with E-state index in [2.05, 4.69) is 10.2 Å². The molecule has 0 aliphatic carbocycles. The summed E-state index contributed by atoms with van der Waals surface area (Å²) >= 11 is 2.70. The molecule has 1 atom stereocenters. The van der Waals surface area contributed by atoms with Gasteiger partial charge in [-0.1, -0.05) is 48.2 Å². The van der Waals surface area contributed by atoms with Crippen molar-refractivity contribution < 1.29 is 13.6 Å². The molecule has 6 nitrogen and oxygen atoms in total. The van der Waals surface area contributed by atoms with Crippen LogP contribution in [0.25, 0.3) is 0 Å². The highest BCUT2D eigenvalue weighted by molar-refractivity contribution is 8.00. The second-order valence-electron chi connectivity index (χ2n) is 6.66. The Morgan fingerprint density at radius 2 is 1.87 bits per heavy atom. The van der Waals surface area contributed by atoms with E-state index in [1.54, 1.807) is 53.1 Å². The van der Waals surface area contributed by atoms with Gasteiger partial charge in [-0.05, 0) is 17.7 Å². The molecule has 10 heteroatoms. The molecule has 2 aromatic carbocycles. The van der Waals surface area contributed by atoms with E-state index < -0.39 is 0 Å². The largest absolute Gasteiger partial charge is 0.336 e. The Kier molecular flexibility index (Phi) is 6.24. The van der Waals surface area contributed by atoms with E-state index in [0.717, 1.165) is 17.5 Å². The molecule has 156 valence electrons. The molecular formula is C20H19F2N5OS2. The molecule has 0 unspecified atom stereocenters. The lowest BCUT2D eigenvalue weighted by Crippen LogP contribution is -2.32. The predicted octanol–water partition coefficient (Wildman–Crippen LogP) is 3.23. The first-order valence-corrected chi connectivity index (χ1v) is 11.3. The van der Waals surface area contributed by atoms with E-state index in [1.807, 2.05) is 0 Å². The lowest BCUT2D eigenvalue weighted by molar-refractivity contribution is -0.128. The Morgan fingerprint density at radius 1 is 1.13 bits per heavy atom. The SMILES string of the molecule is Nn1c(Cc2ccccc2F)nnc1SCC(=O)N1CCS[C@@H]1c1ccccc1F. The molecule has 1 saturated heterocycles. The highest BCUT2D eigenvalue weighted by Gasteiger charge is 2.32. The summed E-state index contributed by atoms with van der Waals surface area (Å²) in [7, 11) is 0. The molecular weight excluding hydrogens is 428 g/mol. The average Bonchev–Trinajstić information content (AvgIpc) is 3.36. The number of nitrogen functional groups attached to an aromatic ring is 1. The molecule has 1 aliphatic rings. The Labute approximate surface area is 180 Å². The smallest absolute Gasteiger partial charge is 0.234 e. The fourth-order valence-electron chi connectivity index (χ4n) is 3.21. The monoisotopic (exact) mass is 447 g/mol. The predicted molar refractivity (Wildman–Crippen MR) is 113 cm³/mol. The van der Waals surface area contributed by atoms with E-state index in [0.29, 0.717) is 28.7 Å². The van der Waals surface area contributed by atoms with Gasteiger partial charge in [0, 0.05) is 24.3 Å². The van der Waals surface area contributed by atoms with E-state index in [-0.39, 0.29) is 35.1 Å². The molecule has 1 aromatic heterocycles. The van der Waals surface area contributed by atoms with Crippen LogP contribution < -0.4 is 5.84 Å². The van der Waals surface area contributed by atoms with Crippen LogP contribution in [-0.2, 0) is 11.2 Å². The van der Waals surface area contributed by atoms with Crippen LogP contribution in [0.1, 0.15) is 22.3 Å². The van der Waals surface area contributed by atoms with Gasteiger partial charge in [0.2, 0.25) is 11.1 Å². The molecule has 1 fully saturated rings. The zero-order chi connectivity index (χ0) is 21.1. The van der Waals surface area contributed by atoms with Gasteiger partial charge in [0.05, 0.1) is 5.75 Å². The van der Waals surface area contributed by atoms with E-state index in [1.165, 1.54) is 16.8 Å². The Morgan fingerprint density at radius 3 is 2.63 bits per heavy atom. The minimum Gasteiger partial charge on any atom is -0.336 e.